The van der Waals surface area contributed by atoms with Crippen LogP contribution in [-0.2, 0) is 0 Å². The van der Waals surface area contributed by atoms with E-state index < -0.39 is 0 Å². The highest BCUT2D eigenvalue weighted by Crippen LogP contribution is 1.94. The minimum absolute atomic E-state index is 1.05. The molecule has 0 atom stereocenters. The van der Waals surface area contributed by atoms with Crippen molar-refractivity contribution in [2.24, 2.45) is 0 Å². The van der Waals surface area contributed by atoms with E-state index in [2.05, 4.69) is 13.8 Å². The normalized spacial score (nSPS) is 10.7. The van der Waals surface area contributed by atoms with E-state index in [1.807, 2.05) is 4.81 Å². The zero-order valence-corrected chi connectivity index (χ0v) is 7.27. The molecular formula is C8H18BN. The molecule has 0 aromatic heterocycles. The summed E-state index contributed by atoms with van der Waals surface area (Å²) in [6, 6.07) is 0. The van der Waals surface area contributed by atoms with Gasteiger partial charge in [0.2, 0.25) is 0 Å². The second-order valence-corrected chi connectivity index (χ2v) is 2.74. The van der Waals surface area contributed by atoms with Crippen molar-refractivity contribution in [3.63, 3.8) is 0 Å². The average Bonchev–Trinajstić information content (AvgIpc) is 1.97. The summed E-state index contributed by atoms with van der Waals surface area (Å²) in [6.45, 7) is 6.48. The fourth-order valence-electron chi connectivity index (χ4n) is 0.834. The third-order valence-corrected chi connectivity index (χ3v) is 1.60. The maximum absolute atomic E-state index is 5.68. The molecule has 0 aliphatic carbocycles. The highest BCUT2D eigenvalue weighted by Gasteiger charge is 1.93. The van der Waals surface area contributed by atoms with Gasteiger partial charge < -0.3 is 4.81 Å². The molecule has 0 saturated heterocycles. The Hall–Kier alpha value is 0.0249. The third kappa shape index (κ3) is 6.15. The van der Waals surface area contributed by atoms with E-state index >= 15 is 0 Å². The summed E-state index contributed by atoms with van der Waals surface area (Å²) in [5.74, 6) is 0. The molecule has 0 spiro atoms. The molecule has 0 aromatic carbocycles. The fourth-order valence-corrected chi connectivity index (χ4v) is 0.834. The van der Waals surface area contributed by atoms with Gasteiger partial charge in [0, 0.05) is 0 Å². The summed E-state index contributed by atoms with van der Waals surface area (Å²) in [5.41, 5.74) is 0. The molecule has 2 radical (unpaired) electrons. The fraction of sp³-hybridized carbons (Fsp3) is 1.00. The van der Waals surface area contributed by atoms with Gasteiger partial charge in [-0.2, -0.15) is 0 Å². The Bertz CT molecular complexity index is 58.3. The van der Waals surface area contributed by atoms with Crippen LogP contribution in [0.5, 0.6) is 0 Å². The van der Waals surface area contributed by atoms with Crippen LogP contribution in [0.15, 0.2) is 0 Å². The number of unbranched alkanes of at least 4 members (excludes halogenated alkanes) is 2. The van der Waals surface area contributed by atoms with Crippen LogP contribution in [0.2, 0.25) is 0 Å². The van der Waals surface area contributed by atoms with Gasteiger partial charge in [0.25, 0.3) is 0 Å². The van der Waals surface area contributed by atoms with Crippen LogP contribution in [0.4, 0.5) is 0 Å². The molecule has 0 N–H and O–H groups in total. The van der Waals surface area contributed by atoms with Crippen molar-refractivity contribution in [3.8, 4) is 0 Å². The van der Waals surface area contributed by atoms with E-state index in [0.717, 1.165) is 13.1 Å². The van der Waals surface area contributed by atoms with E-state index in [-0.39, 0.29) is 0 Å². The Morgan fingerprint density at radius 1 is 1.00 bits per heavy atom. The van der Waals surface area contributed by atoms with Gasteiger partial charge in [0.1, 0.15) is 0 Å². The van der Waals surface area contributed by atoms with Crippen molar-refractivity contribution >= 4 is 7.98 Å². The van der Waals surface area contributed by atoms with Crippen LogP contribution in [-0.4, -0.2) is 25.9 Å². The van der Waals surface area contributed by atoms with Gasteiger partial charge in [-0.3, -0.25) is 0 Å². The van der Waals surface area contributed by atoms with Crippen molar-refractivity contribution in [1.82, 2.24) is 4.81 Å². The summed E-state index contributed by atoms with van der Waals surface area (Å²) in [6.07, 6.45) is 4.92. The third-order valence-electron chi connectivity index (χ3n) is 1.60. The summed E-state index contributed by atoms with van der Waals surface area (Å²) >= 11 is 0. The molecule has 58 valence electrons. The van der Waals surface area contributed by atoms with E-state index in [1.165, 1.54) is 25.7 Å². The Balaban J connectivity index is 3.00. The number of hydrogen-bond donors (Lipinski definition) is 0. The van der Waals surface area contributed by atoms with Crippen LogP contribution in [0.3, 0.4) is 0 Å². The van der Waals surface area contributed by atoms with Gasteiger partial charge in [-0.15, -0.1) is 0 Å². The van der Waals surface area contributed by atoms with E-state index in [4.69, 9.17) is 7.98 Å². The Kier molecular flexibility index (Phi) is 7.15. The second-order valence-electron chi connectivity index (χ2n) is 2.74. The summed E-state index contributed by atoms with van der Waals surface area (Å²) < 4.78 is 0. The molecule has 0 aliphatic heterocycles. The Morgan fingerprint density at radius 3 is 1.70 bits per heavy atom. The minimum atomic E-state index is 1.05. The molecule has 0 aliphatic rings. The van der Waals surface area contributed by atoms with Gasteiger partial charge in [-0.05, 0) is 25.9 Å². The molecule has 1 nitrogen and oxygen atoms in total. The van der Waals surface area contributed by atoms with Gasteiger partial charge in [-0.25, -0.2) is 0 Å². The highest BCUT2D eigenvalue weighted by atomic mass is 15.0. The van der Waals surface area contributed by atoms with Gasteiger partial charge in [0.15, 0.2) is 7.98 Å². The van der Waals surface area contributed by atoms with Crippen LogP contribution < -0.4 is 0 Å². The van der Waals surface area contributed by atoms with Crippen molar-refractivity contribution < 1.29 is 0 Å². The lowest BCUT2D eigenvalue weighted by Crippen LogP contribution is -2.22. The second kappa shape index (κ2) is 7.14. The first-order chi connectivity index (χ1) is 4.81. The van der Waals surface area contributed by atoms with Crippen molar-refractivity contribution in [3.05, 3.63) is 0 Å². The zero-order chi connectivity index (χ0) is 7.82. The van der Waals surface area contributed by atoms with Crippen LogP contribution in [0.25, 0.3) is 0 Å². The van der Waals surface area contributed by atoms with Crippen LogP contribution >= 0.6 is 0 Å². The first kappa shape index (κ1) is 10.0. The molecule has 0 aromatic rings. The first-order valence-corrected chi connectivity index (χ1v) is 4.30. The summed E-state index contributed by atoms with van der Waals surface area (Å²) in [7, 11) is 5.68. The lowest BCUT2D eigenvalue weighted by molar-refractivity contribution is 0.429. The standard InChI is InChI=1S/C8H18BN/c1-3-5-7-10(9)8-6-4-2/h3-8H2,1-2H3. The predicted molar refractivity (Wildman–Crippen MR) is 47.1 cm³/mol. The average molecular weight is 139 g/mol. The highest BCUT2D eigenvalue weighted by molar-refractivity contribution is 6.04. The molecule has 0 saturated carbocycles. The molecule has 0 heterocycles. The molecule has 2 heteroatoms. The largest absolute Gasteiger partial charge is 0.353 e. The molecular weight excluding hydrogens is 121 g/mol. The predicted octanol–water partition coefficient (Wildman–Crippen LogP) is 1.97. The van der Waals surface area contributed by atoms with E-state index in [0.29, 0.717) is 0 Å². The van der Waals surface area contributed by atoms with Crippen molar-refractivity contribution in [2.75, 3.05) is 13.1 Å². The maximum Gasteiger partial charge on any atom is 0.182 e. The SMILES string of the molecule is [B]N(CCCC)CCCC. The molecule has 0 unspecified atom stereocenters. The number of rotatable bonds is 6. The number of hydrogen-bond acceptors (Lipinski definition) is 1. The first-order valence-electron chi connectivity index (χ1n) is 4.30. The Labute approximate surface area is 66.2 Å². The topological polar surface area (TPSA) is 3.24 Å². The maximum atomic E-state index is 5.68. The zero-order valence-electron chi connectivity index (χ0n) is 7.27. The molecule has 0 fully saturated rings. The van der Waals surface area contributed by atoms with Crippen molar-refractivity contribution in [1.29, 1.82) is 0 Å². The molecule has 0 bridgehead atoms. The quantitative estimate of drug-likeness (QED) is 0.508. The van der Waals surface area contributed by atoms with Crippen molar-refractivity contribution in [2.45, 2.75) is 39.5 Å². The van der Waals surface area contributed by atoms with Gasteiger partial charge in [-0.1, -0.05) is 26.7 Å². The lowest BCUT2D eigenvalue weighted by Gasteiger charge is -2.15. The van der Waals surface area contributed by atoms with Crippen LogP contribution in [0, 0.1) is 0 Å². The van der Waals surface area contributed by atoms with Gasteiger partial charge >= 0.3 is 0 Å². The molecule has 0 amide bonds. The smallest absolute Gasteiger partial charge is 0.182 e. The number of nitrogens with zero attached hydrogens (tertiary/aromatic N) is 1. The van der Waals surface area contributed by atoms with E-state index in [1.54, 1.807) is 0 Å². The minimum Gasteiger partial charge on any atom is -0.353 e. The summed E-state index contributed by atoms with van der Waals surface area (Å²) in [5, 5.41) is 0. The molecule has 0 rings (SSSR count). The van der Waals surface area contributed by atoms with Crippen LogP contribution in [0.1, 0.15) is 39.5 Å². The summed E-state index contributed by atoms with van der Waals surface area (Å²) in [4.78, 5) is 1.92. The monoisotopic (exact) mass is 139 g/mol. The van der Waals surface area contributed by atoms with E-state index in [9.17, 15) is 0 Å². The lowest BCUT2D eigenvalue weighted by atomic mass is 10.2. The van der Waals surface area contributed by atoms with Gasteiger partial charge in [0.05, 0.1) is 0 Å². The molecule has 10 heavy (non-hydrogen) atoms. The Morgan fingerprint density at radius 2 is 1.40 bits per heavy atom.